The molecule has 0 radical (unpaired) electrons. The topological polar surface area (TPSA) is 112 Å². The molecule has 136 valence electrons. The number of aromatic amines is 1. The Balaban J connectivity index is 1.80. The molecule has 0 saturated heterocycles. The first-order valence-electron chi connectivity index (χ1n) is 8.10. The van der Waals surface area contributed by atoms with Crippen LogP contribution in [0.15, 0.2) is 64.5 Å². The molecule has 0 spiro atoms. The molecule has 0 aliphatic carbocycles. The van der Waals surface area contributed by atoms with E-state index in [1.807, 2.05) is 30.3 Å². The highest BCUT2D eigenvalue weighted by Gasteiger charge is 2.33. The number of hydrogen-bond donors (Lipinski definition) is 3. The molecular formula is C19H15N3O4S. The summed E-state index contributed by atoms with van der Waals surface area (Å²) in [5, 5.41) is 10.4. The lowest BCUT2D eigenvalue weighted by molar-refractivity contribution is 0.101. The third kappa shape index (κ3) is 2.75. The maximum absolute atomic E-state index is 12.5. The van der Waals surface area contributed by atoms with E-state index < -0.39 is 15.9 Å². The summed E-state index contributed by atoms with van der Waals surface area (Å²) in [5.74, 6) is -0.609. The quantitative estimate of drug-likeness (QED) is 0.644. The number of benzene rings is 2. The largest absolute Gasteiger partial charge is 0.494 e. The van der Waals surface area contributed by atoms with Crippen LogP contribution in [0.2, 0.25) is 0 Å². The van der Waals surface area contributed by atoms with Crippen molar-refractivity contribution in [2.75, 3.05) is 7.05 Å². The summed E-state index contributed by atoms with van der Waals surface area (Å²) < 4.78 is 26.0. The van der Waals surface area contributed by atoms with Crippen LogP contribution >= 0.6 is 0 Å². The number of hydrogen-bond acceptors (Lipinski definition) is 4. The Bertz CT molecular complexity index is 1180. The first-order valence-corrected chi connectivity index (χ1v) is 9.58. The number of aliphatic imine (C=N–C) groups is 1. The lowest BCUT2D eigenvalue weighted by Crippen LogP contribution is -2.18. The van der Waals surface area contributed by atoms with E-state index in [0.29, 0.717) is 28.1 Å². The van der Waals surface area contributed by atoms with Gasteiger partial charge in [-0.25, -0.2) is 18.1 Å². The van der Waals surface area contributed by atoms with Gasteiger partial charge in [0.2, 0.25) is 10.0 Å². The van der Waals surface area contributed by atoms with E-state index in [0.717, 1.165) is 5.56 Å². The number of sulfonamides is 1. The second-order valence-corrected chi connectivity index (χ2v) is 7.85. The van der Waals surface area contributed by atoms with Gasteiger partial charge in [-0.1, -0.05) is 42.5 Å². The fourth-order valence-corrected chi connectivity index (χ4v) is 3.81. The highest BCUT2D eigenvalue weighted by molar-refractivity contribution is 7.89. The maximum atomic E-state index is 12.5. The van der Waals surface area contributed by atoms with E-state index >= 15 is 0 Å². The van der Waals surface area contributed by atoms with Crippen molar-refractivity contribution in [1.82, 2.24) is 9.71 Å². The highest BCUT2D eigenvalue weighted by atomic mass is 32.2. The van der Waals surface area contributed by atoms with Gasteiger partial charge < -0.3 is 10.1 Å². The van der Waals surface area contributed by atoms with Gasteiger partial charge in [0.25, 0.3) is 5.91 Å². The number of nitrogens with one attached hydrogen (secondary N) is 2. The molecular weight excluding hydrogens is 366 g/mol. The SMILES string of the molecule is CNS(=O)(=O)c1ccc(C2=NC(=O)c3c(-c4ccccc4)[nH]c(O)c32)cc1. The Labute approximate surface area is 155 Å². The molecule has 1 aliphatic heterocycles. The number of amides is 1. The van der Waals surface area contributed by atoms with E-state index in [-0.39, 0.29) is 10.8 Å². The Morgan fingerprint density at radius 1 is 0.963 bits per heavy atom. The summed E-state index contributed by atoms with van der Waals surface area (Å²) in [6.45, 7) is 0. The van der Waals surface area contributed by atoms with Gasteiger partial charge in [0, 0.05) is 5.56 Å². The van der Waals surface area contributed by atoms with Crippen LogP contribution in [0, 0.1) is 0 Å². The minimum atomic E-state index is -3.56. The van der Waals surface area contributed by atoms with E-state index in [4.69, 9.17) is 0 Å². The molecule has 1 amide bonds. The first kappa shape index (κ1) is 17.2. The fraction of sp³-hybridized carbons (Fsp3) is 0.0526. The lowest BCUT2D eigenvalue weighted by Gasteiger charge is -2.05. The molecule has 1 aliphatic rings. The maximum Gasteiger partial charge on any atom is 0.280 e. The fourth-order valence-electron chi connectivity index (χ4n) is 3.08. The molecule has 0 bridgehead atoms. The van der Waals surface area contributed by atoms with Gasteiger partial charge in [0.05, 0.1) is 27.4 Å². The molecule has 2 aromatic carbocycles. The molecule has 0 fully saturated rings. The number of aromatic nitrogens is 1. The number of aromatic hydroxyl groups is 1. The van der Waals surface area contributed by atoms with Crippen LogP contribution in [-0.4, -0.2) is 37.2 Å². The summed E-state index contributed by atoms with van der Waals surface area (Å²) in [7, 11) is -2.23. The van der Waals surface area contributed by atoms with Crippen molar-refractivity contribution in [1.29, 1.82) is 0 Å². The van der Waals surface area contributed by atoms with Crippen molar-refractivity contribution in [2.24, 2.45) is 4.99 Å². The van der Waals surface area contributed by atoms with Crippen LogP contribution in [0.5, 0.6) is 5.88 Å². The van der Waals surface area contributed by atoms with Gasteiger partial charge in [0.1, 0.15) is 0 Å². The number of carbonyl (C=O) groups is 1. The van der Waals surface area contributed by atoms with Gasteiger partial charge in [-0.2, -0.15) is 0 Å². The number of H-pyrrole nitrogens is 1. The standard InChI is InChI=1S/C19H15N3O4S/c1-20-27(25,26)13-9-7-12(8-10-13)17-15-14(18(23)22-17)16(21-19(15)24)11-5-3-2-4-6-11/h2-10,20-21,24H,1H3. The van der Waals surface area contributed by atoms with Crippen LogP contribution in [0.1, 0.15) is 21.5 Å². The monoisotopic (exact) mass is 381 g/mol. The van der Waals surface area contributed by atoms with Gasteiger partial charge in [-0.3, -0.25) is 4.79 Å². The van der Waals surface area contributed by atoms with Crippen molar-refractivity contribution in [3.05, 3.63) is 71.3 Å². The van der Waals surface area contributed by atoms with E-state index in [1.54, 1.807) is 12.1 Å². The molecule has 0 atom stereocenters. The summed E-state index contributed by atoms with van der Waals surface area (Å²) in [6, 6.07) is 15.1. The van der Waals surface area contributed by atoms with E-state index in [2.05, 4.69) is 14.7 Å². The zero-order chi connectivity index (χ0) is 19.2. The van der Waals surface area contributed by atoms with Crippen molar-refractivity contribution in [3.63, 3.8) is 0 Å². The molecule has 2 heterocycles. The zero-order valence-corrected chi connectivity index (χ0v) is 15.0. The lowest BCUT2D eigenvalue weighted by atomic mass is 10.0. The Morgan fingerprint density at radius 2 is 1.63 bits per heavy atom. The predicted molar refractivity (Wildman–Crippen MR) is 101 cm³/mol. The third-order valence-electron chi connectivity index (χ3n) is 4.41. The minimum Gasteiger partial charge on any atom is -0.494 e. The second kappa shape index (κ2) is 6.19. The molecule has 0 unspecified atom stereocenters. The van der Waals surface area contributed by atoms with Crippen molar-refractivity contribution in [2.45, 2.75) is 4.90 Å². The molecule has 3 N–H and O–H groups in total. The van der Waals surface area contributed by atoms with E-state index in [1.165, 1.54) is 19.2 Å². The van der Waals surface area contributed by atoms with Crippen LogP contribution in [0.25, 0.3) is 11.3 Å². The number of nitrogens with zero attached hydrogens (tertiary/aromatic N) is 1. The summed E-state index contributed by atoms with van der Waals surface area (Å²) in [4.78, 5) is 19.5. The summed E-state index contributed by atoms with van der Waals surface area (Å²) >= 11 is 0. The van der Waals surface area contributed by atoms with Gasteiger partial charge in [-0.05, 0) is 24.7 Å². The summed E-state index contributed by atoms with van der Waals surface area (Å²) in [6.07, 6.45) is 0. The molecule has 4 rings (SSSR count). The van der Waals surface area contributed by atoms with Crippen LogP contribution in [0.4, 0.5) is 0 Å². The number of rotatable bonds is 4. The minimum absolute atomic E-state index is 0.0992. The van der Waals surface area contributed by atoms with Gasteiger partial charge >= 0.3 is 0 Å². The molecule has 8 heteroatoms. The highest BCUT2D eigenvalue weighted by Crippen LogP contribution is 2.37. The average Bonchev–Trinajstić information content (AvgIpc) is 3.21. The average molecular weight is 381 g/mol. The predicted octanol–water partition coefficient (Wildman–Crippen LogP) is 2.29. The van der Waals surface area contributed by atoms with Gasteiger partial charge in [0.15, 0.2) is 5.88 Å². The normalized spacial score (nSPS) is 13.5. The summed E-state index contributed by atoms with van der Waals surface area (Å²) in [5.41, 5.74) is 2.73. The van der Waals surface area contributed by atoms with Crippen LogP contribution < -0.4 is 4.72 Å². The molecule has 7 nitrogen and oxygen atoms in total. The smallest absolute Gasteiger partial charge is 0.280 e. The molecule has 27 heavy (non-hydrogen) atoms. The molecule has 1 aromatic heterocycles. The van der Waals surface area contributed by atoms with Crippen LogP contribution in [-0.2, 0) is 10.0 Å². The molecule has 3 aromatic rings. The van der Waals surface area contributed by atoms with Crippen molar-refractivity contribution < 1.29 is 18.3 Å². The van der Waals surface area contributed by atoms with Crippen LogP contribution in [0.3, 0.4) is 0 Å². The number of carbonyl (C=O) groups excluding carboxylic acids is 1. The first-order chi connectivity index (χ1) is 12.9. The van der Waals surface area contributed by atoms with Crippen molar-refractivity contribution >= 4 is 21.6 Å². The van der Waals surface area contributed by atoms with E-state index in [9.17, 15) is 18.3 Å². The third-order valence-corrected chi connectivity index (χ3v) is 5.84. The molecule has 0 saturated carbocycles. The number of fused-ring (bicyclic) bond motifs is 1. The van der Waals surface area contributed by atoms with Gasteiger partial charge in [-0.15, -0.1) is 0 Å². The van der Waals surface area contributed by atoms with Crippen molar-refractivity contribution in [3.8, 4) is 17.1 Å². The Morgan fingerprint density at radius 3 is 2.26 bits per heavy atom. The zero-order valence-electron chi connectivity index (χ0n) is 14.2. The Kier molecular flexibility index (Phi) is 3.94. The second-order valence-electron chi connectivity index (χ2n) is 5.96. The Hall–Kier alpha value is -3.23.